The van der Waals surface area contributed by atoms with Gasteiger partial charge in [0.25, 0.3) is 0 Å². The summed E-state index contributed by atoms with van der Waals surface area (Å²) in [5, 5.41) is 3.50. The summed E-state index contributed by atoms with van der Waals surface area (Å²) in [6.07, 6.45) is 6.51. The highest BCUT2D eigenvalue weighted by Gasteiger charge is 2.24. The molecule has 3 nitrogen and oxygen atoms in total. The molecule has 0 amide bonds. The number of benzene rings is 1. The van der Waals surface area contributed by atoms with Crippen molar-refractivity contribution in [2.75, 3.05) is 5.32 Å². The Labute approximate surface area is 121 Å². The topological polar surface area (TPSA) is 29.9 Å². The largest absolute Gasteiger partial charge is 0.379 e. The van der Waals surface area contributed by atoms with Crippen molar-refractivity contribution in [2.24, 2.45) is 0 Å². The van der Waals surface area contributed by atoms with E-state index in [9.17, 15) is 0 Å². The van der Waals surface area contributed by atoms with Crippen LogP contribution in [0.2, 0.25) is 0 Å². The van der Waals surface area contributed by atoms with Crippen molar-refractivity contribution in [3.05, 3.63) is 45.6 Å². The van der Waals surface area contributed by atoms with Crippen molar-refractivity contribution < 1.29 is 0 Å². The first-order valence-electron chi connectivity index (χ1n) is 6.25. The molecule has 0 unspecified atom stereocenters. The van der Waals surface area contributed by atoms with Gasteiger partial charge in [-0.1, -0.05) is 0 Å². The molecule has 1 heterocycles. The lowest BCUT2D eigenvalue weighted by Crippen LogP contribution is -2.06. The predicted octanol–water partition coefficient (Wildman–Crippen LogP) is 3.74. The van der Waals surface area contributed by atoms with Crippen LogP contribution >= 0.6 is 22.6 Å². The van der Waals surface area contributed by atoms with Crippen LogP contribution in [0.1, 0.15) is 30.1 Å². The van der Waals surface area contributed by atoms with Gasteiger partial charge in [0.1, 0.15) is 0 Å². The van der Waals surface area contributed by atoms with Crippen LogP contribution in [0.15, 0.2) is 30.7 Å². The Morgan fingerprint density at radius 1 is 1.44 bits per heavy atom. The van der Waals surface area contributed by atoms with E-state index in [1.165, 1.54) is 33.4 Å². The normalized spacial score (nSPS) is 14.8. The third-order valence-corrected chi connectivity index (χ3v) is 4.01. The van der Waals surface area contributed by atoms with E-state index in [4.69, 9.17) is 0 Å². The molecule has 3 rings (SSSR count). The zero-order chi connectivity index (χ0) is 12.5. The second-order valence-electron chi connectivity index (χ2n) is 4.84. The van der Waals surface area contributed by atoms with Crippen molar-refractivity contribution in [1.82, 2.24) is 9.55 Å². The minimum atomic E-state index is 0.696. The first kappa shape index (κ1) is 12.0. The van der Waals surface area contributed by atoms with E-state index >= 15 is 0 Å². The van der Waals surface area contributed by atoms with Crippen LogP contribution in [0, 0.1) is 10.5 Å². The Bertz CT molecular complexity index is 558. The molecule has 1 aliphatic rings. The van der Waals surface area contributed by atoms with Crippen LogP contribution in [-0.4, -0.2) is 9.55 Å². The number of aryl methyl sites for hydroxylation is 1. The summed E-state index contributed by atoms with van der Waals surface area (Å²) in [5.74, 6) is 0. The Morgan fingerprint density at radius 3 is 3.00 bits per heavy atom. The second-order valence-corrected chi connectivity index (χ2v) is 6.08. The second kappa shape index (κ2) is 4.91. The number of aromatic nitrogens is 2. The Morgan fingerprint density at radius 2 is 2.28 bits per heavy atom. The summed E-state index contributed by atoms with van der Waals surface area (Å²) in [6, 6.07) is 7.17. The van der Waals surface area contributed by atoms with E-state index in [0.29, 0.717) is 6.04 Å². The number of imidazole rings is 1. The summed E-state index contributed by atoms with van der Waals surface area (Å²) in [5.41, 5.74) is 3.77. The van der Waals surface area contributed by atoms with Gasteiger partial charge in [0.2, 0.25) is 0 Å². The Kier molecular flexibility index (Phi) is 3.28. The van der Waals surface area contributed by atoms with E-state index in [2.05, 4.69) is 62.6 Å². The zero-order valence-electron chi connectivity index (χ0n) is 10.4. The molecule has 1 N–H and O–H groups in total. The fourth-order valence-electron chi connectivity index (χ4n) is 2.16. The molecule has 1 aromatic carbocycles. The van der Waals surface area contributed by atoms with Crippen LogP contribution in [0.5, 0.6) is 0 Å². The summed E-state index contributed by atoms with van der Waals surface area (Å²) in [4.78, 5) is 4.25. The van der Waals surface area contributed by atoms with Crippen molar-refractivity contribution in [3.63, 3.8) is 0 Å². The van der Waals surface area contributed by atoms with Gasteiger partial charge in [0.05, 0.1) is 18.6 Å². The van der Waals surface area contributed by atoms with Crippen LogP contribution in [-0.2, 0) is 6.54 Å². The van der Waals surface area contributed by atoms with E-state index in [-0.39, 0.29) is 0 Å². The molecule has 1 fully saturated rings. The quantitative estimate of drug-likeness (QED) is 0.849. The SMILES string of the molecule is Cc1cc(I)ccc1NCc1cncn1C1CC1. The van der Waals surface area contributed by atoms with Gasteiger partial charge in [0.15, 0.2) is 0 Å². The van der Waals surface area contributed by atoms with Crippen molar-refractivity contribution in [3.8, 4) is 0 Å². The van der Waals surface area contributed by atoms with Gasteiger partial charge in [0, 0.05) is 21.5 Å². The number of rotatable bonds is 4. The van der Waals surface area contributed by atoms with Crippen LogP contribution in [0.25, 0.3) is 0 Å². The highest BCUT2D eigenvalue weighted by atomic mass is 127. The number of hydrogen-bond acceptors (Lipinski definition) is 2. The summed E-state index contributed by atoms with van der Waals surface area (Å²) in [7, 11) is 0. The Hall–Kier alpha value is -1.04. The third-order valence-electron chi connectivity index (χ3n) is 3.33. The molecule has 0 saturated heterocycles. The van der Waals surface area contributed by atoms with Gasteiger partial charge in [-0.3, -0.25) is 0 Å². The maximum atomic E-state index is 4.25. The minimum absolute atomic E-state index is 0.696. The molecular weight excluding hydrogens is 337 g/mol. The smallest absolute Gasteiger partial charge is 0.0951 e. The van der Waals surface area contributed by atoms with Gasteiger partial charge >= 0.3 is 0 Å². The lowest BCUT2D eigenvalue weighted by molar-refractivity contribution is 0.701. The zero-order valence-corrected chi connectivity index (χ0v) is 12.5. The standard InChI is InChI=1S/C14H16IN3/c1-10-6-11(15)2-5-14(10)17-8-13-7-16-9-18(13)12-3-4-12/h2,5-7,9,12,17H,3-4,8H2,1H3. The average molecular weight is 353 g/mol. The Balaban J connectivity index is 1.71. The number of hydrogen-bond donors (Lipinski definition) is 1. The van der Waals surface area contributed by atoms with Crippen LogP contribution in [0.3, 0.4) is 0 Å². The van der Waals surface area contributed by atoms with Gasteiger partial charge in [-0.15, -0.1) is 0 Å². The molecule has 18 heavy (non-hydrogen) atoms. The first-order chi connectivity index (χ1) is 8.74. The van der Waals surface area contributed by atoms with Gasteiger partial charge in [-0.2, -0.15) is 0 Å². The number of nitrogens with zero attached hydrogens (tertiary/aromatic N) is 2. The van der Waals surface area contributed by atoms with Crippen LogP contribution < -0.4 is 5.32 Å². The van der Waals surface area contributed by atoms with Crippen LogP contribution in [0.4, 0.5) is 5.69 Å². The fourth-order valence-corrected chi connectivity index (χ4v) is 2.81. The lowest BCUT2D eigenvalue weighted by atomic mass is 10.2. The molecule has 1 saturated carbocycles. The summed E-state index contributed by atoms with van der Waals surface area (Å²) < 4.78 is 3.58. The van der Waals surface area contributed by atoms with Crippen molar-refractivity contribution in [1.29, 1.82) is 0 Å². The van der Waals surface area contributed by atoms with E-state index in [1.807, 2.05) is 12.5 Å². The monoisotopic (exact) mass is 353 g/mol. The molecule has 0 atom stereocenters. The fraction of sp³-hybridized carbons (Fsp3) is 0.357. The van der Waals surface area contributed by atoms with E-state index in [1.54, 1.807) is 0 Å². The molecule has 0 spiro atoms. The van der Waals surface area contributed by atoms with Crippen molar-refractivity contribution in [2.45, 2.75) is 32.4 Å². The lowest BCUT2D eigenvalue weighted by Gasteiger charge is -2.11. The average Bonchev–Trinajstić information content (AvgIpc) is 3.08. The maximum Gasteiger partial charge on any atom is 0.0951 e. The summed E-state index contributed by atoms with van der Waals surface area (Å²) in [6.45, 7) is 2.99. The van der Waals surface area contributed by atoms with Gasteiger partial charge in [-0.25, -0.2) is 4.98 Å². The van der Waals surface area contributed by atoms with Gasteiger partial charge < -0.3 is 9.88 Å². The van der Waals surface area contributed by atoms with E-state index in [0.717, 1.165) is 6.54 Å². The molecule has 4 heteroatoms. The molecule has 94 valence electrons. The molecule has 2 aromatic rings. The highest BCUT2D eigenvalue weighted by molar-refractivity contribution is 14.1. The van der Waals surface area contributed by atoms with E-state index < -0.39 is 0 Å². The number of halogens is 1. The van der Waals surface area contributed by atoms with Crippen molar-refractivity contribution >= 4 is 28.3 Å². The molecule has 0 bridgehead atoms. The number of anilines is 1. The maximum absolute atomic E-state index is 4.25. The predicted molar refractivity (Wildman–Crippen MR) is 81.7 cm³/mol. The molecule has 0 aliphatic heterocycles. The molecule has 0 radical (unpaired) electrons. The first-order valence-corrected chi connectivity index (χ1v) is 7.32. The number of nitrogens with one attached hydrogen (secondary N) is 1. The highest BCUT2D eigenvalue weighted by Crippen LogP contribution is 2.35. The third kappa shape index (κ3) is 2.53. The molecular formula is C14H16IN3. The summed E-state index contributed by atoms with van der Waals surface area (Å²) >= 11 is 2.34. The minimum Gasteiger partial charge on any atom is -0.379 e. The molecule has 1 aromatic heterocycles. The van der Waals surface area contributed by atoms with Gasteiger partial charge in [-0.05, 0) is 66.1 Å². The molecule has 1 aliphatic carbocycles.